The second-order valence-electron chi connectivity index (χ2n) is 2.81. The monoisotopic (exact) mass is 278 g/mol. The Kier molecular flexibility index (Phi) is 2.93. The van der Waals surface area contributed by atoms with Crippen molar-refractivity contribution in [3.63, 3.8) is 0 Å². The van der Waals surface area contributed by atoms with Gasteiger partial charge in [0.05, 0.1) is 9.78 Å². The fourth-order valence-corrected chi connectivity index (χ4v) is 1.04. The van der Waals surface area contributed by atoms with E-state index in [-0.39, 0.29) is 0 Å². The van der Waals surface area contributed by atoms with E-state index in [1.807, 2.05) is 0 Å². The topological polar surface area (TPSA) is 229 Å². The summed E-state index contributed by atoms with van der Waals surface area (Å²) in [7, 11) is 0. The first-order chi connectivity index (χ1) is 8.65. The largest absolute Gasteiger partial charge is 0.836 e. The van der Waals surface area contributed by atoms with Gasteiger partial charge in [0.1, 0.15) is 0 Å². The minimum Gasteiger partial charge on any atom is -0.390 e. The molecule has 2 N–H and O–H groups in total. The van der Waals surface area contributed by atoms with Gasteiger partial charge >= 0.3 is 17.8 Å². The smallest absolute Gasteiger partial charge is 0.390 e. The summed E-state index contributed by atoms with van der Waals surface area (Å²) in [5.74, 6) is -6.81. The first kappa shape index (κ1) is 13.6. The van der Waals surface area contributed by atoms with Gasteiger partial charge in [0.15, 0.2) is 0 Å². The zero-order valence-corrected chi connectivity index (χ0v) is 8.47. The van der Waals surface area contributed by atoms with Crippen LogP contribution in [0.5, 0.6) is 0 Å². The standard InChI is InChI=1S/C3H2N8O8/c4-1-5-2(8(12)13)6-7(1)3(9(14)15,10(16)17)11(18)19/h(H2,4,5,6). The number of hydrogen-bond donors (Lipinski definition) is 1. The van der Waals surface area contributed by atoms with Crippen LogP contribution in [0.3, 0.4) is 0 Å². The second-order valence-corrected chi connectivity index (χ2v) is 2.81. The molecule has 1 rings (SSSR count). The quantitative estimate of drug-likeness (QED) is 0.357. The SMILES string of the molecule is Nc1nc([N+](=O)[O-])nn1C([N+](=O)[O-])([N+](=O)[O-])[N+](=O)[O-]. The normalized spacial score (nSPS) is 10.9. The molecule has 0 aliphatic carbocycles. The van der Waals surface area contributed by atoms with Crippen molar-refractivity contribution in [2.45, 2.75) is 5.91 Å². The lowest BCUT2D eigenvalue weighted by molar-refractivity contribution is -1.01. The van der Waals surface area contributed by atoms with Crippen LogP contribution in [-0.2, 0) is 5.91 Å². The van der Waals surface area contributed by atoms with Crippen molar-refractivity contribution in [2.75, 3.05) is 5.73 Å². The van der Waals surface area contributed by atoms with Crippen LogP contribution in [0.1, 0.15) is 0 Å². The molecular formula is C3H2N8O8. The van der Waals surface area contributed by atoms with Gasteiger partial charge in [0.2, 0.25) is 14.8 Å². The molecule has 0 bridgehead atoms. The number of nitrogens with zero attached hydrogens (tertiary/aromatic N) is 7. The number of nitro groups is 4. The molecule has 1 aromatic heterocycles. The summed E-state index contributed by atoms with van der Waals surface area (Å²) < 4.78 is -0.550. The Bertz CT molecular complexity index is 553. The van der Waals surface area contributed by atoms with E-state index in [1.54, 1.807) is 0 Å². The lowest BCUT2D eigenvalue weighted by Crippen LogP contribution is -2.55. The van der Waals surface area contributed by atoms with Crippen LogP contribution in [0.2, 0.25) is 0 Å². The third-order valence-electron chi connectivity index (χ3n) is 1.80. The first-order valence-corrected chi connectivity index (χ1v) is 3.96. The molecule has 19 heavy (non-hydrogen) atoms. The van der Waals surface area contributed by atoms with Crippen molar-refractivity contribution >= 4 is 11.9 Å². The van der Waals surface area contributed by atoms with Gasteiger partial charge in [0.25, 0.3) is 0 Å². The van der Waals surface area contributed by atoms with Crippen LogP contribution < -0.4 is 5.73 Å². The number of aromatic nitrogens is 3. The van der Waals surface area contributed by atoms with Crippen molar-refractivity contribution in [2.24, 2.45) is 0 Å². The molecule has 0 saturated carbocycles. The molecule has 0 amide bonds. The Labute approximate surface area is 99.6 Å². The molecule has 1 aromatic rings. The maximum Gasteiger partial charge on any atom is 0.836 e. The number of nitrogens with two attached hydrogens (primary N) is 1. The molecule has 0 aliphatic heterocycles. The highest BCUT2D eigenvalue weighted by atomic mass is 16.7. The lowest BCUT2D eigenvalue weighted by Gasteiger charge is -2.05. The molecule has 102 valence electrons. The average molecular weight is 278 g/mol. The highest BCUT2D eigenvalue weighted by molar-refractivity contribution is 5.22. The Morgan fingerprint density at radius 2 is 1.42 bits per heavy atom. The van der Waals surface area contributed by atoms with Crippen molar-refractivity contribution in [3.05, 3.63) is 40.5 Å². The van der Waals surface area contributed by atoms with Crippen LogP contribution in [0.15, 0.2) is 0 Å². The van der Waals surface area contributed by atoms with Crippen LogP contribution in [0.25, 0.3) is 0 Å². The van der Waals surface area contributed by atoms with E-state index in [0.717, 1.165) is 0 Å². The third-order valence-corrected chi connectivity index (χ3v) is 1.80. The minimum absolute atomic E-state index is 0.550. The fourth-order valence-electron chi connectivity index (χ4n) is 1.04. The van der Waals surface area contributed by atoms with Gasteiger partial charge in [-0.3, -0.25) is 30.3 Å². The highest BCUT2D eigenvalue weighted by Gasteiger charge is 2.78. The Morgan fingerprint density at radius 1 is 1.00 bits per heavy atom. The fraction of sp³-hybridized carbons (Fsp3) is 0.333. The van der Waals surface area contributed by atoms with Gasteiger partial charge in [-0.05, 0) is 9.91 Å². The average Bonchev–Trinajstić information content (AvgIpc) is 2.60. The summed E-state index contributed by atoms with van der Waals surface area (Å²) in [5, 5.41) is 44.9. The molecule has 0 atom stereocenters. The maximum absolute atomic E-state index is 10.6. The molecule has 0 radical (unpaired) electrons. The van der Waals surface area contributed by atoms with Gasteiger partial charge in [0, 0.05) is 0 Å². The minimum atomic E-state index is -4.23. The van der Waals surface area contributed by atoms with Gasteiger partial charge in [-0.15, -0.1) is 0 Å². The summed E-state index contributed by atoms with van der Waals surface area (Å²) >= 11 is 0. The molecule has 16 nitrogen and oxygen atoms in total. The van der Waals surface area contributed by atoms with Crippen LogP contribution in [0, 0.1) is 40.5 Å². The molecule has 0 saturated heterocycles. The predicted molar refractivity (Wildman–Crippen MR) is 50.0 cm³/mol. The molecule has 0 aliphatic rings. The van der Waals surface area contributed by atoms with Crippen molar-refractivity contribution in [1.82, 2.24) is 14.8 Å². The molecule has 0 aromatic carbocycles. The van der Waals surface area contributed by atoms with Crippen LogP contribution in [-0.4, -0.2) is 34.5 Å². The van der Waals surface area contributed by atoms with E-state index in [2.05, 4.69) is 10.1 Å². The molecule has 0 unspecified atom stereocenters. The summed E-state index contributed by atoms with van der Waals surface area (Å²) in [5.41, 5.74) is 4.95. The molecule has 16 heteroatoms. The highest BCUT2D eigenvalue weighted by Crippen LogP contribution is 2.23. The Hall–Kier alpha value is -3.46. The number of nitrogen functional groups attached to an aromatic ring is 1. The van der Waals surface area contributed by atoms with Gasteiger partial charge in [-0.25, -0.2) is 0 Å². The summed E-state index contributed by atoms with van der Waals surface area (Å²) in [6.45, 7) is 0. The number of rotatable bonds is 5. The van der Waals surface area contributed by atoms with Gasteiger partial charge in [-0.1, -0.05) is 0 Å². The predicted octanol–water partition coefficient (Wildman–Crippen LogP) is -1.83. The summed E-state index contributed by atoms with van der Waals surface area (Å²) in [6.07, 6.45) is 0. The summed E-state index contributed by atoms with van der Waals surface area (Å²) in [4.78, 5) is 38.1. The molecule has 1 heterocycles. The number of anilines is 1. The van der Waals surface area contributed by atoms with Gasteiger partial charge in [-0.2, -0.15) is 0 Å². The van der Waals surface area contributed by atoms with E-state index in [0.29, 0.717) is 0 Å². The van der Waals surface area contributed by atoms with Crippen LogP contribution in [0.4, 0.5) is 11.9 Å². The van der Waals surface area contributed by atoms with Crippen molar-refractivity contribution < 1.29 is 19.7 Å². The van der Waals surface area contributed by atoms with Crippen LogP contribution >= 0.6 is 0 Å². The Morgan fingerprint density at radius 3 is 1.68 bits per heavy atom. The third kappa shape index (κ3) is 1.71. The maximum atomic E-state index is 10.6. The summed E-state index contributed by atoms with van der Waals surface area (Å²) in [6, 6.07) is 0. The Balaban J connectivity index is 3.68. The van der Waals surface area contributed by atoms with Crippen molar-refractivity contribution in [1.29, 1.82) is 0 Å². The van der Waals surface area contributed by atoms with Crippen molar-refractivity contribution in [3.8, 4) is 0 Å². The van der Waals surface area contributed by atoms with E-state index in [4.69, 9.17) is 5.73 Å². The first-order valence-electron chi connectivity index (χ1n) is 3.96. The molecule has 0 fully saturated rings. The zero-order valence-electron chi connectivity index (χ0n) is 8.47. The number of hydrogen-bond acceptors (Lipinski definition) is 11. The molecule has 0 spiro atoms. The van der Waals surface area contributed by atoms with Gasteiger partial charge < -0.3 is 15.8 Å². The second kappa shape index (κ2) is 4.09. The van der Waals surface area contributed by atoms with E-state index in [1.165, 1.54) is 0 Å². The van der Waals surface area contributed by atoms with E-state index >= 15 is 0 Å². The zero-order chi connectivity index (χ0) is 15.0. The molecular weight excluding hydrogens is 276 g/mol. The van der Waals surface area contributed by atoms with E-state index in [9.17, 15) is 40.5 Å². The lowest BCUT2D eigenvalue weighted by atomic mass is 10.6. The van der Waals surface area contributed by atoms with E-state index < -0.39 is 42.2 Å².